The molecule has 2 aromatic rings. The van der Waals surface area contributed by atoms with Gasteiger partial charge in [-0.05, 0) is 55.5 Å². The fourth-order valence-corrected chi connectivity index (χ4v) is 4.90. The van der Waals surface area contributed by atoms with Crippen LogP contribution in [0.1, 0.15) is 46.9 Å². The molecule has 2 aliphatic heterocycles. The standard InChI is InChI=1S/C26H35N5O2/c1-19(32)31-11-8-20(9-12-31)13-24-14-21(7-10-28-24)26(33)29-15-25(27-2)18-30-16-22-5-3-4-6-23(22)17-30/h3-7,10,14,20,25,27H,8-9,11-13,15-18H2,1-2H3,(H,29,33)/t25-/m0/s1. The van der Waals surface area contributed by atoms with Crippen molar-refractivity contribution < 1.29 is 9.59 Å². The van der Waals surface area contributed by atoms with Gasteiger partial charge in [-0.15, -0.1) is 0 Å². The van der Waals surface area contributed by atoms with E-state index in [2.05, 4.69) is 44.8 Å². The van der Waals surface area contributed by atoms with Gasteiger partial charge in [-0.2, -0.15) is 0 Å². The summed E-state index contributed by atoms with van der Waals surface area (Å²) in [5, 5.41) is 6.44. The van der Waals surface area contributed by atoms with E-state index in [4.69, 9.17) is 0 Å². The van der Waals surface area contributed by atoms with Crippen molar-refractivity contribution in [3.63, 3.8) is 0 Å². The van der Waals surface area contributed by atoms with Crippen LogP contribution in [-0.2, 0) is 24.3 Å². The molecule has 2 aliphatic rings. The summed E-state index contributed by atoms with van der Waals surface area (Å²) in [7, 11) is 1.95. The summed E-state index contributed by atoms with van der Waals surface area (Å²) in [6.07, 6.45) is 4.55. The number of carbonyl (C=O) groups excluding carboxylic acids is 2. The van der Waals surface area contributed by atoms with Crippen molar-refractivity contribution in [2.24, 2.45) is 5.92 Å². The smallest absolute Gasteiger partial charge is 0.251 e. The first-order valence-electron chi connectivity index (χ1n) is 12.0. The monoisotopic (exact) mass is 449 g/mol. The van der Waals surface area contributed by atoms with Crippen LogP contribution in [0.3, 0.4) is 0 Å². The lowest BCUT2D eigenvalue weighted by Crippen LogP contribution is -2.45. The van der Waals surface area contributed by atoms with Crippen molar-refractivity contribution in [2.75, 3.05) is 33.2 Å². The van der Waals surface area contributed by atoms with E-state index in [1.165, 1.54) is 11.1 Å². The van der Waals surface area contributed by atoms with Crippen LogP contribution in [0.2, 0.25) is 0 Å². The zero-order chi connectivity index (χ0) is 23.2. The van der Waals surface area contributed by atoms with E-state index in [0.29, 0.717) is 18.0 Å². The SMILES string of the molecule is CN[C@@H](CNC(=O)c1ccnc(CC2CCN(C(C)=O)CC2)c1)CN1Cc2ccccc2C1. The van der Waals surface area contributed by atoms with Crippen molar-refractivity contribution in [2.45, 2.75) is 45.3 Å². The molecule has 1 saturated heterocycles. The third-order valence-electron chi connectivity index (χ3n) is 6.94. The summed E-state index contributed by atoms with van der Waals surface area (Å²) in [6.45, 7) is 6.63. The first kappa shape index (κ1) is 23.4. The molecular weight excluding hydrogens is 414 g/mol. The molecule has 1 aromatic carbocycles. The van der Waals surface area contributed by atoms with Gasteiger partial charge >= 0.3 is 0 Å². The molecule has 2 N–H and O–H groups in total. The Kier molecular flexibility index (Phi) is 7.73. The van der Waals surface area contributed by atoms with Crippen molar-refractivity contribution in [3.8, 4) is 0 Å². The van der Waals surface area contributed by atoms with Crippen LogP contribution in [0.5, 0.6) is 0 Å². The van der Waals surface area contributed by atoms with Crippen LogP contribution >= 0.6 is 0 Å². The molecule has 2 amide bonds. The molecule has 0 spiro atoms. The maximum Gasteiger partial charge on any atom is 0.251 e. The average Bonchev–Trinajstić information content (AvgIpc) is 3.24. The predicted molar refractivity (Wildman–Crippen MR) is 129 cm³/mol. The minimum atomic E-state index is -0.0602. The summed E-state index contributed by atoms with van der Waals surface area (Å²) < 4.78 is 0. The second-order valence-corrected chi connectivity index (χ2v) is 9.32. The van der Waals surface area contributed by atoms with Crippen molar-refractivity contribution in [3.05, 3.63) is 65.0 Å². The first-order valence-corrected chi connectivity index (χ1v) is 12.0. The lowest BCUT2D eigenvalue weighted by Gasteiger charge is -2.31. The quantitative estimate of drug-likeness (QED) is 0.646. The zero-order valence-corrected chi connectivity index (χ0v) is 19.7. The first-order chi connectivity index (χ1) is 16.0. The summed E-state index contributed by atoms with van der Waals surface area (Å²) in [6, 6.07) is 12.4. The van der Waals surface area contributed by atoms with E-state index in [0.717, 1.165) is 57.7 Å². The molecule has 3 heterocycles. The molecule has 0 saturated carbocycles. The number of piperidine rings is 1. The number of aromatic nitrogens is 1. The second kappa shape index (κ2) is 10.9. The highest BCUT2D eigenvalue weighted by molar-refractivity contribution is 5.94. The van der Waals surface area contributed by atoms with Gasteiger partial charge in [0.05, 0.1) is 0 Å². The Balaban J connectivity index is 1.25. The number of pyridine rings is 1. The Morgan fingerprint density at radius 3 is 2.45 bits per heavy atom. The van der Waals surface area contributed by atoms with Gasteiger partial charge < -0.3 is 15.5 Å². The highest BCUT2D eigenvalue weighted by Gasteiger charge is 2.23. The molecule has 0 aliphatic carbocycles. The Morgan fingerprint density at radius 2 is 1.82 bits per heavy atom. The molecule has 1 atom stereocenters. The van der Waals surface area contributed by atoms with Gasteiger partial charge in [-0.3, -0.25) is 19.5 Å². The molecule has 7 nitrogen and oxygen atoms in total. The van der Waals surface area contributed by atoms with Crippen LogP contribution in [0.4, 0.5) is 0 Å². The molecule has 1 fully saturated rings. The second-order valence-electron chi connectivity index (χ2n) is 9.32. The minimum absolute atomic E-state index is 0.0602. The molecule has 4 rings (SSSR count). The van der Waals surface area contributed by atoms with Gasteiger partial charge in [-0.1, -0.05) is 24.3 Å². The number of rotatable bonds is 8. The molecular formula is C26H35N5O2. The zero-order valence-electron chi connectivity index (χ0n) is 19.7. The van der Waals surface area contributed by atoms with Crippen LogP contribution < -0.4 is 10.6 Å². The lowest BCUT2D eigenvalue weighted by molar-refractivity contribution is -0.130. The molecule has 0 unspecified atom stereocenters. The minimum Gasteiger partial charge on any atom is -0.350 e. The number of amides is 2. The lowest BCUT2D eigenvalue weighted by atomic mass is 9.91. The number of hydrogen-bond donors (Lipinski definition) is 2. The molecule has 33 heavy (non-hydrogen) atoms. The highest BCUT2D eigenvalue weighted by atomic mass is 16.2. The maximum absolute atomic E-state index is 12.8. The van der Waals surface area contributed by atoms with E-state index in [9.17, 15) is 9.59 Å². The van der Waals surface area contributed by atoms with Gasteiger partial charge in [0.2, 0.25) is 5.91 Å². The molecule has 0 bridgehead atoms. The highest BCUT2D eigenvalue weighted by Crippen LogP contribution is 2.23. The maximum atomic E-state index is 12.8. The van der Waals surface area contributed by atoms with E-state index in [1.54, 1.807) is 19.2 Å². The number of benzene rings is 1. The normalized spacial score (nSPS) is 17.6. The molecule has 176 valence electrons. The van der Waals surface area contributed by atoms with E-state index in [1.807, 2.05) is 18.0 Å². The Bertz CT molecular complexity index is 946. The number of carbonyl (C=O) groups is 2. The Labute approximate surface area is 196 Å². The van der Waals surface area contributed by atoms with Gasteiger partial charge in [0, 0.05) is 69.7 Å². The third-order valence-corrected chi connectivity index (χ3v) is 6.94. The number of fused-ring (bicyclic) bond motifs is 1. The fourth-order valence-electron chi connectivity index (χ4n) is 4.90. The van der Waals surface area contributed by atoms with Gasteiger partial charge in [0.15, 0.2) is 0 Å². The van der Waals surface area contributed by atoms with Crippen LogP contribution in [0.15, 0.2) is 42.6 Å². The van der Waals surface area contributed by atoms with Crippen LogP contribution in [0, 0.1) is 5.92 Å². The van der Waals surface area contributed by atoms with Crippen molar-refractivity contribution in [1.82, 2.24) is 25.4 Å². The molecule has 0 radical (unpaired) electrons. The number of likely N-dealkylation sites (N-methyl/N-ethyl adjacent to an activating group) is 1. The topological polar surface area (TPSA) is 77.6 Å². The average molecular weight is 450 g/mol. The van der Waals surface area contributed by atoms with E-state index >= 15 is 0 Å². The predicted octanol–water partition coefficient (Wildman–Crippen LogP) is 2.22. The van der Waals surface area contributed by atoms with Gasteiger partial charge in [0.1, 0.15) is 0 Å². The number of hydrogen-bond acceptors (Lipinski definition) is 5. The molecule has 7 heteroatoms. The van der Waals surface area contributed by atoms with E-state index in [-0.39, 0.29) is 17.9 Å². The Morgan fingerprint density at radius 1 is 1.12 bits per heavy atom. The summed E-state index contributed by atoms with van der Waals surface area (Å²) >= 11 is 0. The summed E-state index contributed by atoms with van der Waals surface area (Å²) in [4.78, 5) is 33.2. The third kappa shape index (κ3) is 6.18. The fraction of sp³-hybridized carbons (Fsp3) is 0.500. The molecule has 1 aromatic heterocycles. The summed E-state index contributed by atoms with van der Waals surface area (Å²) in [5.41, 5.74) is 4.40. The van der Waals surface area contributed by atoms with Gasteiger partial charge in [0.25, 0.3) is 5.91 Å². The van der Waals surface area contributed by atoms with Crippen LogP contribution in [-0.4, -0.2) is 65.9 Å². The van der Waals surface area contributed by atoms with Crippen molar-refractivity contribution >= 4 is 11.8 Å². The Hall–Kier alpha value is -2.77. The number of likely N-dealkylation sites (tertiary alicyclic amines) is 1. The largest absolute Gasteiger partial charge is 0.350 e. The van der Waals surface area contributed by atoms with Crippen molar-refractivity contribution in [1.29, 1.82) is 0 Å². The van der Waals surface area contributed by atoms with E-state index < -0.39 is 0 Å². The number of nitrogens with zero attached hydrogens (tertiary/aromatic N) is 3. The summed E-state index contributed by atoms with van der Waals surface area (Å²) in [5.74, 6) is 0.596. The number of nitrogens with one attached hydrogen (secondary N) is 2. The van der Waals surface area contributed by atoms with Gasteiger partial charge in [-0.25, -0.2) is 0 Å². The van der Waals surface area contributed by atoms with Crippen LogP contribution in [0.25, 0.3) is 0 Å².